The summed E-state index contributed by atoms with van der Waals surface area (Å²) in [5.74, 6) is -1.38. The van der Waals surface area contributed by atoms with E-state index in [9.17, 15) is 14.0 Å². The summed E-state index contributed by atoms with van der Waals surface area (Å²) in [6.45, 7) is 0.238. The van der Waals surface area contributed by atoms with Crippen molar-refractivity contribution in [3.05, 3.63) is 70.0 Å². The fourth-order valence-electron chi connectivity index (χ4n) is 3.49. The van der Waals surface area contributed by atoms with Gasteiger partial charge in [0.15, 0.2) is 0 Å². The molecule has 1 heterocycles. The van der Waals surface area contributed by atoms with Crippen LogP contribution in [0.5, 0.6) is 5.75 Å². The number of hydrogen-bond donors (Lipinski definition) is 0. The third-order valence-electron chi connectivity index (χ3n) is 4.87. The van der Waals surface area contributed by atoms with Crippen LogP contribution in [0.15, 0.2) is 53.6 Å². The average molecular weight is 386 g/mol. The van der Waals surface area contributed by atoms with E-state index >= 15 is 0 Å². The van der Waals surface area contributed by atoms with Gasteiger partial charge in [0.05, 0.1) is 10.7 Å². The average Bonchev–Trinajstić information content (AvgIpc) is 2.93. The van der Waals surface area contributed by atoms with Crippen molar-refractivity contribution in [2.24, 2.45) is 0 Å². The Morgan fingerprint density at radius 3 is 2.26 bits per heavy atom. The molecule has 0 atom stereocenters. The summed E-state index contributed by atoms with van der Waals surface area (Å²) in [6.07, 6.45) is 2.84. The zero-order valence-corrected chi connectivity index (χ0v) is 15.3. The Kier molecular flexibility index (Phi) is 4.70. The smallest absolute Gasteiger partial charge is 0.261 e. The number of imide groups is 1. The van der Waals surface area contributed by atoms with Crippen LogP contribution in [-0.4, -0.2) is 11.8 Å². The Morgan fingerprint density at radius 2 is 1.63 bits per heavy atom. The van der Waals surface area contributed by atoms with Crippen LogP contribution < -0.4 is 9.64 Å². The van der Waals surface area contributed by atoms with Gasteiger partial charge in [-0.1, -0.05) is 41.9 Å². The molecule has 2 amide bonds. The summed E-state index contributed by atoms with van der Waals surface area (Å²) < 4.78 is 20.3. The summed E-state index contributed by atoms with van der Waals surface area (Å²) in [4.78, 5) is 26.3. The summed E-state index contributed by atoms with van der Waals surface area (Å²) in [5.41, 5.74) is 1.82. The Bertz CT molecular complexity index is 927. The molecule has 27 heavy (non-hydrogen) atoms. The number of anilines is 1. The van der Waals surface area contributed by atoms with E-state index in [1.165, 1.54) is 6.07 Å². The third kappa shape index (κ3) is 3.23. The second-order valence-electron chi connectivity index (χ2n) is 6.62. The molecule has 1 aliphatic heterocycles. The zero-order chi connectivity index (χ0) is 19.0. The van der Waals surface area contributed by atoms with Gasteiger partial charge in [0.1, 0.15) is 18.2 Å². The van der Waals surface area contributed by atoms with Gasteiger partial charge in [-0.15, -0.1) is 0 Å². The highest BCUT2D eigenvalue weighted by Gasteiger charge is 2.41. The van der Waals surface area contributed by atoms with Crippen molar-refractivity contribution in [2.75, 3.05) is 4.90 Å². The van der Waals surface area contributed by atoms with Crippen LogP contribution in [0.3, 0.4) is 0 Å². The summed E-state index contributed by atoms with van der Waals surface area (Å²) >= 11 is 6.11. The fourth-order valence-corrected chi connectivity index (χ4v) is 3.70. The molecule has 0 fully saturated rings. The number of hydrogen-bond acceptors (Lipinski definition) is 3. The summed E-state index contributed by atoms with van der Waals surface area (Å²) in [7, 11) is 0. The van der Waals surface area contributed by atoms with Crippen LogP contribution in [0, 0.1) is 5.82 Å². The molecule has 0 unspecified atom stereocenters. The fraction of sp³-hybridized carbons (Fsp3) is 0.238. The minimum Gasteiger partial charge on any atom is -0.487 e. The molecule has 2 aromatic rings. The van der Waals surface area contributed by atoms with Gasteiger partial charge >= 0.3 is 0 Å². The first kappa shape index (κ1) is 17.7. The molecule has 0 spiro atoms. The van der Waals surface area contributed by atoms with Crippen molar-refractivity contribution >= 4 is 29.1 Å². The summed E-state index contributed by atoms with van der Waals surface area (Å²) in [6, 6.07) is 11.9. The standard InChI is InChI=1S/C21H17ClFNO3/c22-16-10-17(23)18(11-19(16)27-12-13-6-2-1-3-7-13)24-20(25)14-8-4-5-9-15(14)21(24)26/h1-3,6-7,10-11H,4-5,8-9,12H2. The molecule has 0 aromatic heterocycles. The normalized spacial score (nSPS) is 16.7. The molecule has 4 nitrogen and oxygen atoms in total. The Balaban J connectivity index is 1.64. The van der Waals surface area contributed by atoms with Gasteiger partial charge in [0.25, 0.3) is 11.8 Å². The molecule has 0 saturated heterocycles. The zero-order valence-electron chi connectivity index (χ0n) is 14.5. The number of amides is 2. The predicted octanol–water partition coefficient (Wildman–Crippen LogP) is 4.80. The van der Waals surface area contributed by atoms with E-state index in [-0.39, 0.29) is 23.1 Å². The molecule has 0 bridgehead atoms. The highest BCUT2D eigenvalue weighted by Crippen LogP contribution is 2.39. The molecule has 2 aromatic carbocycles. The number of halogens is 2. The maximum atomic E-state index is 14.6. The van der Waals surface area contributed by atoms with E-state index < -0.39 is 17.6 Å². The number of nitrogens with zero attached hydrogens (tertiary/aromatic N) is 1. The Hall–Kier alpha value is -2.66. The predicted molar refractivity (Wildman–Crippen MR) is 100 cm³/mol. The van der Waals surface area contributed by atoms with Crippen molar-refractivity contribution in [2.45, 2.75) is 32.3 Å². The first-order valence-electron chi connectivity index (χ1n) is 8.83. The van der Waals surface area contributed by atoms with Gasteiger partial charge in [-0.25, -0.2) is 9.29 Å². The van der Waals surface area contributed by atoms with Crippen molar-refractivity contribution in [1.29, 1.82) is 0 Å². The van der Waals surface area contributed by atoms with Crippen LogP contribution in [-0.2, 0) is 16.2 Å². The number of ether oxygens (including phenoxy) is 1. The quantitative estimate of drug-likeness (QED) is 0.710. The number of carbonyl (C=O) groups is 2. The maximum absolute atomic E-state index is 14.6. The van der Waals surface area contributed by atoms with Gasteiger partial charge in [-0.3, -0.25) is 9.59 Å². The lowest BCUT2D eigenvalue weighted by atomic mass is 9.93. The van der Waals surface area contributed by atoms with E-state index in [4.69, 9.17) is 16.3 Å². The van der Waals surface area contributed by atoms with E-state index in [2.05, 4.69) is 0 Å². The number of rotatable bonds is 4. The van der Waals surface area contributed by atoms with Gasteiger partial charge in [-0.05, 0) is 37.3 Å². The van der Waals surface area contributed by atoms with Gasteiger partial charge < -0.3 is 4.74 Å². The Morgan fingerprint density at radius 1 is 1.00 bits per heavy atom. The van der Waals surface area contributed by atoms with Crippen LogP contribution in [0.1, 0.15) is 31.2 Å². The monoisotopic (exact) mass is 385 g/mol. The topological polar surface area (TPSA) is 46.6 Å². The maximum Gasteiger partial charge on any atom is 0.261 e. The molecular weight excluding hydrogens is 369 g/mol. The van der Waals surface area contributed by atoms with Crippen LogP contribution >= 0.6 is 11.6 Å². The largest absolute Gasteiger partial charge is 0.487 e. The van der Waals surface area contributed by atoms with Crippen molar-refractivity contribution < 1.29 is 18.7 Å². The van der Waals surface area contributed by atoms with Crippen molar-refractivity contribution in [3.63, 3.8) is 0 Å². The molecular formula is C21H17ClFNO3. The van der Waals surface area contributed by atoms with Gasteiger partial charge in [0.2, 0.25) is 0 Å². The third-order valence-corrected chi connectivity index (χ3v) is 5.17. The summed E-state index contributed by atoms with van der Waals surface area (Å²) in [5, 5.41) is 0.0870. The number of benzene rings is 2. The second kappa shape index (κ2) is 7.16. The van der Waals surface area contributed by atoms with Gasteiger partial charge in [-0.2, -0.15) is 0 Å². The first-order valence-corrected chi connectivity index (χ1v) is 9.20. The van der Waals surface area contributed by atoms with E-state index in [0.717, 1.165) is 29.4 Å². The minimum absolute atomic E-state index is 0.0870. The van der Waals surface area contributed by atoms with Crippen LogP contribution in [0.2, 0.25) is 5.02 Å². The Labute approximate surface area is 161 Å². The van der Waals surface area contributed by atoms with Crippen molar-refractivity contribution in [3.8, 4) is 5.75 Å². The van der Waals surface area contributed by atoms with E-state index in [1.54, 1.807) is 0 Å². The SMILES string of the molecule is O=C1C2=C(CCCC2)C(=O)N1c1cc(OCc2ccccc2)c(Cl)cc1F. The molecule has 0 radical (unpaired) electrons. The molecule has 0 saturated carbocycles. The van der Waals surface area contributed by atoms with E-state index in [1.807, 2.05) is 30.3 Å². The highest BCUT2D eigenvalue weighted by atomic mass is 35.5. The second-order valence-corrected chi connectivity index (χ2v) is 7.03. The van der Waals surface area contributed by atoms with Crippen LogP contribution in [0.4, 0.5) is 10.1 Å². The van der Waals surface area contributed by atoms with E-state index in [0.29, 0.717) is 24.0 Å². The lowest BCUT2D eigenvalue weighted by Crippen LogP contribution is -2.32. The van der Waals surface area contributed by atoms with Gasteiger partial charge in [0, 0.05) is 17.2 Å². The lowest BCUT2D eigenvalue weighted by Gasteiger charge is -2.18. The van der Waals surface area contributed by atoms with Crippen LogP contribution in [0.25, 0.3) is 0 Å². The molecule has 1 aliphatic carbocycles. The minimum atomic E-state index is -0.728. The highest BCUT2D eigenvalue weighted by molar-refractivity contribution is 6.34. The lowest BCUT2D eigenvalue weighted by molar-refractivity contribution is -0.120. The molecule has 2 aliphatic rings. The molecule has 138 valence electrons. The first-order chi connectivity index (χ1) is 13.1. The number of carbonyl (C=O) groups excluding carboxylic acids is 2. The molecule has 0 N–H and O–H groups in total. The molecule has 4 rings (SSSR count). The molecule has 6 heteroatoms. The van der Waals surface area contributed by atoms with Crippen molar-refractivity contribution in [1.82, 2.24) is 0 Å².